The van der Waals surface area contributed by atoms with Crippen LogP contribution >= 0.6 is 0 Å². The predicted octanol–water partition coefficient (Wildman–Crippen LogP) is 6.37. The Morgan fingerprint density at radius 1 is 0.524 bits per heavy atom. The summed E-state index contributed by atoms with van der Waals surface area (Å²) < 4.78 is 3.19. The van der Waals surface area contributed by atoms with Gasteiger partial charge in [0.05, 0.1) is 0 Å². The van der Waals surface area contributed by atoms with Crippen LogP contribution in [0.4, 0.5) is 0 Å². The number of hydrogen-bond acceptors (Lipinski definition) is 0. The van der Waals surface area contributed by atoms with Crippen molar-refractivity contribution >= 4 is 0 Å². The molecule has 0 aromatic heterocycles. The van der Waals surface area contributed by atoms with Crippen molar-refractivity contribution in [3.8, 4) is 0 Å². The van der Waals surface area contributed by atoms with E-state index in [2.05, 4.69) is 69.2 Å². The number of hydrogen-bond donors (Lipinski definition) is 0. The third kappa shape index (κ3) is 2.24. The van der Waals surface area contributed by atoms with Crippen LogP contribution in [0.1, 0.15) is 69.2 Å². The van der Waals surface area contributed by atoms with Gasteiger partial charge in [-0.25, -0.2) is 0 Å². The van der Waals surface area contributed by atoms with E-state index in [1.807, 2.05) is 0 Å². The van der Waals surface area contributed by atoms with Crippen molar-refractivity contribution in [2.45, 2.75) is 69.2 Å². The first-order chi connectivity index (χ1) is 9.44. The van der Waals surface area contributed by atoms with Gasteiger partial charge in [0, 0.05) is 0 Å². The van der Waals surface area contributed by atoms with E-state index in [4.69, 9.17) is 0 Å². The zero-order valence-electron chi connectivity index (χ0n) is 15.3. The topological polar surface area (TPSA) is 0 Å². The van der Waals surface area contributed by atoms with E-state index in [1.54, 1.807) is 9.02 Å². The Morgan fingerprint density at radius 3 is 1.00 bits per heavy atom. The molecule has 21 heavy (non-hydrogen) atoms. The molecule has 0 saturated heterocycles. The summed E-state index contributed by atoms with van der Waals surface area (Å²) in [6.07, 6.45) is 0. The van der Waals surface area contributed by atoms with Crippen LogP contribution in [0.2, 0.25) is 0 Å². The van der Waals surface area contributed by atoms with E-state index >= 15 is 0 Å². The maximum atomic E-state index is 2.38. The van der Waals surface area contributed by atoms with Crippen molar-refractivity contribution in [3.05, 3.63) is 42.5 Å². The van der Waals surface area contributed by atoms with Gasteiger partial charge in [0.25, 0.3) is 0 Å². The van der Waals surface area contributed by atoms with Crippen molar-refractivity contribution in [3.63, 3.8) is 0 Å². The van der Waals surface area contributed by atoms with E-state index in [9.17, 15) is 0 Å². The molecule has 119 valence electrons. The molecule has 0 N–H and O–H groups in total. The molecule has 0 saturated carbocycles. The first-order valence-electron chi connectivity index (χ1n) is 7.83. The Kier molecular flexibility index (Phi) is 4.00. The molecule has 0 fully saturated rings. The third-order valence-electron chi connectivity index (χ3n) is 5.96. The van der Waals surface area contributed by atoms with E-state index < -0.39 is 0 Å². The van der Waals surface area contributed by atoms with Gasteiger partial charge in [-0.1, -0.05) is 0 Å². The summed E-state index contributed by atoms with van der Waals surface area (Å²) in [5.74, 6) is 0. The predicted molar refractivity (Wildman–Crippen MR) is 89.7 cm³/mol. The molecular formula is C20H30Co. The Labute approximate surface area is 137 Å². The molecule has 0 amide bonds. The summed E-state index contributed by atoms with van der Waals surface area (Å²) in [6.45, 7) is 23.3. The van der Waals surface area contributed by atoms with Crippen LogP contribution in [0, 0.1) is 10.8 Å². The number of rotatable bonds is 2. The van der Waals surface area contributed by atoms with E-state index in [0.717, 1.165) is 0 Å². The summed E-state index contributed by atoms with van der Waals surface area (Å²) in [6, 6.07) is 0. The molecule has 0 spiro atoms. The average Bonchev–Trinajstić information content (AvgIpc) is 2.63. The van der Waals surface area contributed by atoms with Gasteiger partial charge in [-0.15, -0.1) is 0 Å². The summed E-state index contributed by atoms with van der Waals surface area (Å²) in [5.41, 5.74) is 9.49. The molecule has 0 aliphatic heterocycles. The fourth-order valence-corrected chi connectivity index (χ4v) is 5.56. The van der Waals surface area contributed by atoms with Crippen LogP contribution in [-0.4, -0.2) is 0 Å². The summed E-state index contributed by atoms with van der Waals surface area (Å²) in [7, 11) is 0. The fourth-order valence-electron chi connectivity index (χ4n) is 3.48. The quantitative estimate of drug-likeness (QED) is 0.552. The minimum atomic E-state index is 0.196. The molecule has 0 unspecified atom stereocenters. The van der Waals surface area contributed by atoms with Crippen LogP contribution < -0.4 is 0 Å². The van der Waals surface area contributed by atoms with E-state index in [0.29, 0.717) is 0 Å². The van der Waals surface area contributed by atoms with Crippen LogP contribution in [0.15, 0.2) is 42.5 Å². The minimum absolute atomic E-state index is 0.196. The maximum absolute atomic E-state index is 2.38. The molecule has 0 nitrogen and oxygen atoms in total. The average molecular weight is 329 g/mol. The van der Waals surface area contributed by atoms with Crippen molar-refractivity contribution in [2.75, 3.05) is 0 Å². The molecule has 1 heteroatoms. The van der Waals surface area contributed by atoms with Gasteiger partial charge in [-0.05, 0) is 0 Å². The summed E-state index contributed by atoms with van der Waals surface area (Å²) in [4.78, 5) is 0. The molecule has 0 aromatic rings. The summed E-state index contributed by atoms with van der Waals surface area (Å²) in [5, 5.41) is 0. The second-order valence-electron chi connectivity index (χ2n) is 7.67. The first-order valence-corrected chi connectivity index (χ1v) is 8.87. The van der Waals surface area contributed by atoms with Crippen LogP contribution in [-0.2, 0) is 14.7 Å². The van der Waals surface area contributed by atoms with Crippen molar-refractivity contribution in [1.29, 1.82) is 0 Å². The Bertz CT molecular complexity index is 575. The second-order valence-corrected chi connectivity index (χ2v) is 8.97. The van der Waals surface area contributed by atoms with Crippen LogP contribution in [0.25, 0.3) is 0 Å². The molecule has 0 heterocycles. The monoisotopic (exact) mass is 329 g/mol. The zero-order chi connectivity index (χ0) is 16.3. The van der Waals surface area contributed by atoms with E-state index in [1.165, 1.54) is 48.1 Å². The van der Waals surface area contributed by atoms with Crippen molar-refractivity contribution in [2.24, 2.45) is 10.8 Å². The second kappa shape index (κ2) is 4.99. The first kappa shape index (κ1) is 16.8. The van der Waals surface area contributed by atoms with Gasteiger partial charge in [0.2, 0.25) is 0 Å². The van der Waals surface area contributed by atoms with Gasteiger partial charge in [0.15, 0.2) is 0 Å². The van der Waals surface area contributed by atoms with E-state index in [-0.39, 0.29) is 10.8 Å². The van der Waals surface area contributed by atoms with Gasteiger partial charge < -0.3 is 0 Å². The molecule has 0 bridgehead atoms. The van der Waals surface area contributed by atoms with Gasteiger partial charge in [0.1, 0.15) is 0 Å². The zero-order valence-corrected chi connectivity index (χ0v) is 16.4. The normalized spacial score (nSPS) is 25.0. The fraction of sp³-hybridized carbons (Fsp3) is 0.600. The standard InChI is InChI=1S/2C10H15.Co/c2*1-7-6-10(4,5)9(3)8(7)2;/h2*1-5H3;. The van der Waals surface area contributed by atoms with Crippen molar-refractivity contribution in [1.82, 2.24) is 0 Å². The van der Waals surface area contributed by atoms with Crippen LogP contribution in [0.3, 0.4) is 0 Å². The van der Waals surface area contributed by atoms with Crippen molar-refractivity contribution < 1.29 is 14.7 Å². The molecular weight excluding hydrogens is 299 g/mol. The molecule has 0 aromatic carbocycles. The Hall–Kier alpha value is -0.534. The molecule has 0 radical (unpaired) electrons. The SMILES string of the molecule is CC1=C(C)C(C)(C)[C]([Co][C]2=C(C)C(C)=C(C)C2(C)C)=C1C. The van der Waals surface area contributed by atoms with Gasteiger partial charge >= 0.3 is 137 Å². The number of allylic oxidation sites excluding steroid dienone is 8. The molecule has 2 aliphatic carbocycles. The molecule has 2 aliphatic rings. The van der Waals surface area contributed by atoms with Gasteiger partial charge in [-0.3, -0.25) is 0 Å². The molecule has 0 atom stereocenters. The van der Waals surface area contributed by atoms with Crippen LogP contribution in [0.5, 0.6) is 0 Å². The van der Waals surface area contributed by atoms with Gasteiger partial charge in [-0.2, -0.15) is 0 Å². The summed E-state index contributed by atoms with van der Waals surface area (Å²) >= 11 is 1.47. The Morgan fingerprint density at radius 2 is 0.810 bits per heavy atom. The Balaban J connectivity index is 2.47. The third-order valence-corrected chi connectivity index (χ3v) is 8.56. The molecule has 2 rings (SSSR count).